The molecule has 0 aliphatic heterocycles. The van der Waals surface area contributed by atoms with Crippen molar-refractivity contribution in [2.45, 2.75) is 57.4 Å². The van der Waals surface area contributed by atoms with Crippen LogP contribution in [-0.2, 0) is 6.42 Å². The summed E-state index contributed by atoms with van der Waals surface area (Å²) in [7, 11) is 0. The third-order valence-corrected chi connectivity index (χ3v) is 5.09. The van der Waals surface area contributed by atoms with Crippen molar-refractivity contribution >= 4 is 0 Å². The molecule has 3 N–H and O–H groups in total. The first-order chi connectivity index (χ1) is 8.73. The summed E-state index contributed by atoms with van der Waals surface area (Å²) in [4.78, 5) is 0. The first-order valence-electron chi connectivity index (χ1n) is 7.27. The number of fused-ring (bicyclic) bond motifs is 1. The summed E-state index contributed by atoms with van der Waals surface area (Å²) in [5, 5.41) is 0. The molecule has 1 saturated carbocycles. The van der Waals surface area contributed by atoms with E-state index in [-0.39, 0.29) is 0 Å². The van der Waals surface area contributed by atoms with E-state index in [0.29, 0.717) is 17.4 Å². The highest BCUT2D eigenvalue weighted by Crippen LogP contribution is 2.51. The second kappa shape index (κ2) is 4.67. The molecule has 98 valence electrons. The maximum atomic E-state index is 5.79. The Balaban J connectivity index is 1.77. The maximum absolute atomic E-state index is 5.79. The third kappa shape index (κ3) is 2.19. The van der Waals surface area contributed by atoms with Gasteiger partial charge >= 0.3 is 0 Å². The molecule has 2 nitrogen and oxygen atoms in total. The Morgan fingerprint density at radius 2 is 2.17 bits per heavy atom. The van der Waals surface area contributed by atoms with Gasteiger partial charge in [-0.2, -0.15) is 0 Å². The molecule has 0 aromatic heterocycles. The van der Waals surface area contributed by atoms with Gasteiger partial charge < -0.3 is 0 Å². The highest BCUT2D eigenvalue weighted by atomic mass is 15.2. The van der Waals surface area contributed by atoms with E-state index < -0.39 is 0 Å². The van der Waals surface area contributed by atoms with E-state index in [9.17, 15) is 0 Å². The average Bonchev–Trinajstić information content (AvgIpc) is 3.15. The number of hydrogen-bond donors (Lipinski definition) is 2. The Morgan fingerprint density at radius 1 is 1.39 bits per heavy atom. The average molecular weight is 244 g/mol. The standard InChI is InChI=1S/C16H24N2/c1-16(9-10-16)15(18-17)11-13-7-4-6-12-5-2-3-8-14(12)13/h2-3,5,8,13,15,18H,4,6-7,9-11,17H2,1H3. The molecule has 0 spiro atoms. The fourth-order valence-corrected chi connectivity index (χ4v) is 3.48. The number of hydrogen-bond acceptors (Lipinski definition) is 2. The highest BCUT2D eigenvalue weighted by molar-refractivity contribution is 5.32. The zero-order valence-electron chi connectivity index (χ0n) is 11.3. The Kier molecular flexibility index (Phi) is 3.16. The Hall–Kier alpha value is -0.860. The largest absolute Gasteiger partial charge is 0.271 e. The zero-order valence-corrected chi connectivity index (χ0v) is 11.3. The number of rotatable bonds is 4. The van der Waals surface area contributed by atoms with Gasteiger partial charge in [0.25, 0.3) is 0 Å². The van der Waals surface area contributed by atoms with Gasteiger partial charge in [0.2, 0.25) is 0 Å². The molecule has 0 saturated heterocycles. The van der Waals surface area contributed by atoms with E-state index in [4.69, 9.17) is 5.84 Å². The van der Waals surface area contributed by atoms with Gasteiger partial charge in [-0.05, 0) is 61.0 Å². The lowest BCUT2D eigenvalue weighted by Crippen LogP contribution is -2.42. The molecule has 18 heavy (non-hydrogen) atoms. The second-order valence-electron chi connectivity index (χ2n) is 6.40. The molecule has 0 radical (unpaired) electrons. The summed E-state index contributed by atoms with van der Waals surface area (Å²) in [5.74, 6) is 6.49. The van der Waals surface area contributed by atoms with Crippen molar-refractivity contribution < 1.29 is 0 Å². The lowest BCUT2D eigenvalue weighted by Gasteiger charge is -2.31. The van der Waals surface area contributed by atoms with Crippen molar-refractivity contribution in [1.29, 1.82) is 0 Å². The van der Waals surface area contributed by atoms with Gasteiger partial charge in [0, 0.05) is 6.04 Å². The normalized spacial score (nSPS) is 26.4. The van der Waals surface area contributed by atoms with Gasteiger partial charge in [-0.25, -0.2) is 0 Å². The molecule has 3 rings (SSSR count). The van der Waals surface area contributed by atoms with Crippen LogP contribution in [0.1, 0.15) is 56.1 Å². The Bertz CT molecular complexity index is 423. The van der Waals surface area contributed by atoms with Gasteiger partial charge in [-0.15, -0.1) is 0 Å². The van der Waals surface area contributed by atoms with Crippen LogP contribution in [0.2, 0.25) is 0 Å². The summed E-state index contributed by atoms with van der Waals surface area (Å²) in [6, 6.07) is 9.45. The molecule has 1 aromatic carbocycles. The minimum absolute atomic E-state index is 0.459. The fraction of sp³-hybridized carbons (Fsp3) is 0.625. The monoisotopic (exact) mass is 244 g/mol. The summed E-state index contributed by atoms with van der Waals surface area (Å²) in [5.41, 5.74) is 6.68. The van der Waals surface area contributed by atoms with Crippen LogP contribution in [0.25, 0.3) is 0 Å². The summed E-state index contributed by atoms with van der Waals surface area (Å²) in [6.07, 6.45) is 7.77. The lowest BCUT2D eigenvalue weighted by atomic mass is 9.77. The quantitative estimate of drug-likeness (QED) is 0.631. The molecule has 1 fully saturated rings. The van der Waals surface area contributed by atoms with Crippen LogP contribution in [0.4, 0.5) is 0 Å². The van der Waals surface area contributed by atoms with Crippen LogP contribution < -0.4 is 11.3 Å². The molecular weight excluding hydrogens is 220 g/mol. The van der Waals surface area contributed by atoms with Gasteiger partial charge in [0.1, 0.15) is 0 Å². The maximum Gasteiger partial charge on any atom is 0.0270 e. The SMILES string of the molecule is CC1(C(CC2CCCc3ccccc32)NN)CC1. The van der Waals surface area contributed by atoms with E-state index in [2.05, 4.69) is 36.6 Å². The minimum Gasteiger partial charge on any atom is -0.271 e. The molecule has 2 aliphatic carbocycles. The number of nitrogens with two attached hydrogens (primary N) is 1. The van der Waals surface area contributed by atoms with Crippen molar-refractivity contribution in [2.75, 3.05) is 0 Å². The van der Waals surface area contributed by atoms with Crippen molar-refractivity contribution in [2.24, 2.45) is 11.3 Å². The molecule has 0 amide bonds. The molecule has 1 aromatic rings. The summed E-state index contributed by atoms with van der Waals surface area (Å²) in [6.45, 7) is 2.37. The van der Waals surface area contributed by atoms with Crippen molar-refractivity contribution in [3.05, 3.63) is 35.4 Å². The molecule has 2 heteroatoms. The van der Waals surface area contributed by atoms with Crippen LogP contribution in [0.15, 0.2) is 24.3 Å². The van der Waals surface area contributed by atoms with Gasteiger partial charge in [-0.1, -0.05) is 31.2 Å². The smallest absolute Gasteiger partial charge is 0.0270 e. The predicted molar refractivity (Wildman–Crippen MR) is 75.2 cm³/mol. The van der Waals surface area contributed by atoms with Crippen molar-refractivity contribution in [3.8, 4) is 0 Å². The van der Waals surface area contributed by atoms with Gasteiger partial charge in [-0.3, -0.25) is 11.3 Å². The first-order valence-corrected chi connectivity index (χ1v) is 7.27. The molecular formula is C16H24N2. The number of aryl methyl sites for hydroxylation is 1. The zero-order chi connectivity index (χ0) is 12.6. The van der Waals surface area contributed by atoms with Crippen LogP contribution in [0.5, 0.6) is 0 Å². The molecule has 2 aliphatic rings. The first kappa shape index (κ1) is 12.2. The van der Waals surface area contributed by atoms with E-state index in [1.807, 2.05) is 0 Å². The Morgan fingerprint density at radius 3 is 2.89 bits per heavy atom. The second-order valence-corrected chi connectivity index (χ2v) is 6.40. The van der Waals surface area contributed by atoms with E-state index in [1.54, 1.807) is 11.1 Å². The molecule has 0 bridgehead atoms. The third-order valence-electron chi connectivity index (χ3n) is 5.09. The van der Waals surface area contributed by atoms with E-state index >= 15 is 0 Å². The van der Waals surface area contributed by atoms with E-state index in [0.717, 1.165) is 0 Å². The molecule has 2 unspecified atom stereocenters. The predicted octanol–water partition coefficient (Wildman–Crippen LogP) is 3.13. The number of benzene rings is 1. The minimum atomic E-state index is 0.459. The fourth-order valence-electron chi connectivity index (χ4n) is 3.48. The van der Waals surface area contributed by atoms with Crippen molar-refractivity contribution in [3.63, 3.8) is 0 Å². The lowest BCUT2D eigenvalue weighted by molar-refractivity contribution is 0.309. The van der Waals surface area contributed by atoms with Crippen LogP contribution in [0.3, 0.4) is 0 Å². The Labute approximate surface area is 110 Å². The van der Waals surface area contributed by atoms with E-state index in [1.165, 1.54) is 38.5 Å². The molecule has 0 heterocycles. The van der Waals surface area contributed by atoms with Crippen LogP contribution in [0, 0.1) is 5.41 Å². The molecule has 2 atom stereocenters. The number of hydrazine groups is 1. The van der Waals surface area contributed by atoms with Gasteiger partial charge in [0.15, 0.2) is 0 Å². The van der Waals surface area contributed by atoms with Crippen LogP contribution in [-0.4, -0.2) is 6.04 Å². The summed E-state index contributed by atoms with van der Waals surface area (Å²) >= 11 is 0. The van der Waals surface area contributed by atoms with Gasteiger partial charge in [0.05, 0.1) is 0 Å². The highest BCUT2D eigenvalue weighted by Gasteiger charge is 2.45. The van der Waals surface area contributed by atoms with Crippen molar-refractivity contribution in [1.82, 2.24) is 5.43 Å². The number of nitrogens with one attached hydrogen (secondary N) is 1. The topological polar surface area (TPSA) is 38.0 Å². The summed E-state index contributed by atoms with van der Waals surface area (Å²) < 4.78 is 0. The van der Waals surface area contributed by atoms with Crippen LogP contribution >= 0.6 is 0 Å².